The minimum atomic E-state index is -0.437. The normalized spacial score (nSPS) is 8.20. The van der Waals surface area contributed by atoms with Crippen molar-refractivity contribution in [1.29, 1.82) is 0 Å². The van der Waals surface area contributed by atoms with Crippen LogP contribution in [0, 0.1) is 6.92 Å². The average Bonchev–Trinajstić information content (AvgIpc) is 2.41. The zero-order chi connectivity index (χ0) is 16.6. The summed E-state index contributed by atoms with van der Waals surface area (Å²) in [7, 11) is 0. The molecule has 0 bridgehead atoms. The zero-order valence-electron chi connectivity index (χ0n) is 13.6. The number of hydrogen-bond donors (Lipinski definition) is 0. The van der Waals surface area contributed by atoms with E-state index in [4.69, 9.17) is 11.6 Å². The predicted molar refractivity (Wildman–Crippen MR) is 93.1 cm³/mol. The van der Waals surface area contributed by atoms with E-state index in [1.165, 1.54) is 11.6 Å². The van der Waals surface area contributed by atoms with Crippen molar-refractivity contribution in [1.82, 2.24) is 0 Å². The van der Waals surface area contributed by atoms with Gasteiger partial charge in [-0.05, 0) is 37.6 Å². The monoisotopic (exact) mass is 298 g/mol. The number of hydrogen-bond acceptors (Lipinski definition) is 0. The molecule has 114 valence electrons. The standard InChI is InChI=1S/C7H7Cl.C7H9F.2C2H6/c1-6-3-2-4-7(8)5-6;1-6(2)4-5-7(3)8;2*1-2/h2-5H,1H3;4-5H,1,3H2,2H3;2*1-2H3/b;5-4-;;. The number of halogens is 2. The Morgan fingerprint density at radius 2 is 1.60 bits per heavy atom. The maximum Gasteiger partial charge on any atom is 0.116 e. The van der Waals surface area contributed by atoms with E-state index in [0.29, 0.717) is 0 Å². The molecule has 0 N–H and O–H groups in total. The van der Waals surface area contributed by atoms with Crippen molar-refractivity contribution >= 4 is 11.6 Å². The van der Waals surface area contributed by atoms with Crippen molar-refractivity contribution in [2.45, 2.75) is 41.5 Å². The molecule has 0 nitrogen and oxygen atoms in total. The Kier molecular flexibility index (Phi) is 21.0. The Labute approximate surface area is 129 Å². The summed E-state index contributed by atoms with van der Waals surface area (Å²) < 4.78 is 11.7. The molecule has 1 aromatic rings. The fourth-order valence-corrected chi connectivity index (χ4v) is 1.08. The highest BCUT2D eigenvalue weighted by Gasteiger charge is 1.82. The second-order valence-electron chi connectivity index (χ2n) is 3.43. The lowest BCUT2D eigenvalue weighted by Gasteiger charge is -1.88. The van der Waals surface area contributed by atoms with Crippen LogP contribution in [0.25, 0.3) is 0 Å². The lowest BCUT2D eigenvalue weighted by atomic mass is 10.2. The quantitative estimate of drug-likeness (QED) is 0.502. The molecule has 0 aliphatic heterocycles. The summed E-state index contributed by atoms with van der Waals surface area (Å²) in [5.74, 6) is -0.437. The van der Waals surface area contributed by atoms with E-state index in [1.54, 1.807) is 13.0 Å². The molecule has 1 rings (SSSR count). The maximum atomic E-state index is 11.7. The molecule has 0 atom stereocenters. The van der Waals surface area contributed by atoms with Gasteiger partial charge >= 0.3 is 0 Å². The van der Waals surface area contributed by atoms with Crippen LogP contribution in [0.2, 0.25) is 5.02 Å². The van der Waals surface area contributed by atoms with E-state index in [0.717, 1.165) is 10.6 Å². The number of rotatable bonds is 2. The van der Waals surface area contributed by atoms with Gasteiger partial charge in [0.2, 0.25) is 0 Å². The van der Waals surface area contributed by atoms with Gasteiger partial charge in [-0.25, -0.2) is 4.39 Å². The van der Waals surface area contributed by atoms with Gasteiger partial charge in [0, 0.05) is 5.02 Å². The van der Waals surface area contributed by atoms with E-state index < -0.39 is 5.83 Å². The van der Waals surface area contributed by atoms with Gasteiger partial charge in [0.25, 0.3) is 0 Å². The smallest absolute Gasteiger partial charge is 0.116 e. The molecule has 0 aromatic heterocycles. The molecule has 0 heterocycles. The van der Waals surface area contributed by atoms with Crippen molar-refractivity contribution in [2.24, 2.45) is 0 Å². The number of benzene rings is 1. The van der Waals surface area contributed by atoms with Crippen molar-refractivity contribution in [3.05, 3.63) is 71.6 Å². The molecule has 1 aromatic carbocycles. The molecular formula is C18H28ClF. The van der Waals surface area contributed by atoms with E-state index in [1.807, 2.05) is 58.9 Å². The molecule has 0 spiro atoms. The second kappa shape index (κ2) is 17.7. The summed E-state index contributed by atoms with van der Waals surface area (Å²) >= 11 is 5.64. The van der Waals surface area contributed by atoms with Crippen molar-refractivity contribution in [3.63, 3.8) is 0 Å². The van der Waals surface area contributed by atoms with E-state index in [9.17, 15) is 4.39 Å². The highest BCUT2D eigenvalue weighted by Crippen LogP contribution is 2.08. The summed E-state index contributed by atoms with van der Waals surface area (Å²) in [4.78, 5) is 0. The van der Waals surface area contributed by atoms with Crippen LogP contribution < -0.4 is 0 Å². The van der Waals surface area contributed by atoms with Crippen LogP contribution in [0.1, 0.15) is 40.2 Å². The summed E-state index contributed by atoms with van der Waals surface area (Å²) in [5, 5.41) is 0.810. The molecule has 0 saturated carbocycles. The van der Waals surface area contributed by atoms with Crippen LogP contribution in [-0.4, -0.2) is 0 Å². The SMILES string of the molecule is C=C(C)/C=C\C(=C)F.CC.CC.Cc1cccc(Cl)c1. The van der Waals surface area contributed by atoms with Crippen LogP contribution in [0.15, 0.2) is 61.0 Å². The van der Waals surface area contributed by atoms with Gasteiger partial charge in [-0.1, -0.05) is 76.2 Å². The minimum absolute atomic E-state index is 0.437. The number of allylic oxidation sites excluding steroid dienone is 4. The molecule has 0 radical (unpaired) electrons. The Hall–Kier alpha value is -1.34. The highest BCUT2D eigenvalue weighted by atomic mass is 35.5. The molecule has 20 heavy (non-hydrogen) atoms. The third-order valence-corrected chi connectivity index (χ3v) is 1.76. The Balaban J connectivity index is -0.000000231. The molecule has 0 aliphatic carbocycles. The van der Waals surface area contributed by atoms with E-state index in [-0.39, 0.29) is 0 Å². The minimum Gasteiger partial charge on any atom is -0.208 e. The third kappa shape index (κ3) is 21.9. The van der Waals surface area contributed by atoms with Gasteiger partial charge in [-0.15, -0.1) is 0 Å². The zero-order valence-corrected chi connectivity index (χ0v) is 14.4. The van der Waals surface area contributed by atoms with Gasteiger partial charge in [0.1, 0.15) is 5.83 Å². The second-order valence-corrected chi connectivity index (χ2v) is 3.86. The van der Waals surface area contributed by atoms with Crippen LogP contribution in [0.4, 0.5) is 4.39 Å². The predicted octanol–water partition coefficient (Wildman–Crippen LogP) is 7.30. The molecular weight excluding hydrogens is 271 g/mol. The first-order valence-electron chi connectivity index (χ1n) is 6.82. The largest absolute Gasteiger partial charge is 0.208 e. The summed E-state index contributed by atoms with van der Waals surface area (Å²) in [6.45, 7) is 18.4. The molecule has 0 amide bonds. The Bertz CT molecular complexity index is 359. The van der Waals surface area contributed by atoms with Gasteiger partial charge in [0.05, 0.1) is 0 Å². The molecule has 0 fully saturated rings. The Morgan fingerprint density at radius 1 is 1.10 bits per heavy atom. The van der Waals surface area contributed by atoms with Crippen LogP contribution in [0.3, 0.4) is 0 Å². The average molecular weight is 299 g/mol. The summed E-state index contributed by atoms with van der Waals surface area (Å²) in [6.07, 6.45) is 2.85. The lowest BCUT2D eigenvalue weighted by Crippen LogP contribution is -1.66. The third-order valence-electron chi connectivity index (χ3n) is 1.53. The van der Waals surface area contributed by atoms with Crippen LogP contribution in [0.5, 0.6) is 0 Å². The van der Waals surface area contributed by atoms with Gasteiger partial charge in [-0.2, -0.15) is 0 Å². The summed E-state index contributed by atoms with van der Waals surface area (Å²) in [6, 6.07) is 7.76. The first kappa shape index (κ1) is 23.7. The van der Waals surface area contributed by atoms with Crippen LogP contribution >= 0.6 is 11.6 Å². The van der Waals surface area contributed by atoms with Crippen molar-refractivity contribution in [2.75, 3.05) is 0 Å². The molecule has 0 aliphatic rings. The Morgan fingerprint density at radius 3 is 1.80 bits per heavy atom. The van der Waals surface area contributed by atoms with E-state index in [2.05, 4.69) is 13.2 Å². The maximum absolute atomic E-state index is 11.7. The summed E-state index contributed by atoms with van der Waals surface area (Å²) in [5.41, 5.74) is 2.03. The first-order chi connectivity index (χ1) is 9.41. The number of aryl methyl sites for hydroxylation is 1. The van der Waals surface area contributed by atoms with Crippen molar-refractivity contribution < 1.29 is 4.39 Å². The molecule has 2 heteroatoms. The van der Waals surface area contributed by atoms with Gasteiger partial charge < -0.3 is 0 Å². The fourth-order valence-electron chi connectivity index (χ4n) is 0.838. The van der Waals surface area contributed by atoms with E-state index >= 15 is 0 Å². The molecule has 0 unspecified atom stereocenters. The highest BCUT2D eigenvalue weighted by molar-refractivity contribution is 6.30. The first-order valence-corrected chi connectivity index (χ1v) is 7.20. The van der Waals surface area contributed by atoms with Crippen LogP contribution in [-0.2, 0) is 0 Å². The lowest BCUT2D eigenvalue weighted by molar-refractivity contribution is 0.671. The van der Waals surface area contributed by atoms with Gasteiger partial charge in [0.15, 0.2) is 0 Å². The topological polar surface area (TPSA) is 0 Å². The van der Waals surface area contributed by atoms with Crippen molar-refractivity contribution in [3.8, 4) is 0 Å². The molecule has 0 saturated heterocycles. The fraction of sp³-hybridized carbons (Fsp3) is 0.333. The van der Waals surface area contributed by atoms with Gasteiger partial charge in [-0.3, -0.25) is 0 Å².